The average molecular weight is 370 g/mol. The maximum Gasteiger partial charge on any atom is 0.248 e. The Kier molecular flexibility index (Phi) is 4.39. The third-order valence-corrected chi connectivity index (χ3v) is 4.71. The van der Waals surface area contributed by atoms with Crippen molar-refractivity contribution in [3.05, 3.63) is 58.0 Å². The fourth-order valence-corrected chi connectivity index (χ4v) is 3.34. The third kappa shape index (κ3) is 3.10. The molecule has 3 aromatic rings. The van der Waals surface area contributed by atoms with Crippen LogP contribution in [0.25, 0.3) is 10.9 Å². The second kappa shape index (κ2) is 6.31. The molecule has 118 valence electrons. The van der Waals surface area contributed by atoms with Gasteiger partial charge in [-0.1, -0.05) is 23.2 Å². The van der Waals surface area contributed by atoms with E-state index in [9.17, 15) is 9.18 Å². The van der Waals surface area contributed by atoms with E-state index < -0.39 is 11.7 Å². The fraction of sp³-hybridized carbons (Fsp3) is 0. The molecule has 0 fully saturated rings. The first-order valence-electron chi connectivity index (χ1n) is 6.44. The lowest BCUT2D eigenvalue weighted by Gasteiger charge is -2.09. The summed E-state index contributed by atoms with van der Waals surface area (Å²) in [5.74, 6) is -1.21. The predicted octanol–water partition coefficient (Wildman–Crippen LogP) is 4.83. The number of rotatable bonds is 4. The minimum absolute atomic E-state index is 0.122. The number of benzene rings is 2. The van der Waals surface area contributed by atoms with Gasteiger partial charge in [-0.25, -0.2) is 4.39 Å². The average Bonchev–Trinajstić information content (AvgIpc) is 2.90. The Morgan fingerprint density at radius 1 is 1.22 bits per heavy atom. The Hall–Kier alpha value is -1.89. The Morgan fingerprint density at radius 3 is 2.70 bits per heavy atom. The van der Waals surface area contributed by atoms with Crippen LogP contribution in [0, 0.1) is 5.82 Å². The second-order valence-corrected chi connectivity index (χ2v) is 6.36. The van der Waals surface area contributed by atoms with E-state index in [1.54, 1.807) is 18.3 Å². The SMILES string of the molecule is NC(=O)c1ccc(SNc2ccc(Cl)c3c(Cl)c[nH]c23)c(F)c1. The van der Waals surface area contributed by atoms with Crippen molar-refractivity contribution in [3.8, 4) is 0 Å². The van der Waals surface area contributed by atoms with Crippen LogP contribution >= 0.6 is 35.1 Å². The summed E-state index contributed by atoms with van der Waals surface area (Å²) in [6.07, 6.45) is 1.64. The summed E-state index contributed by atoms with van der Waals surface area (Å²) in [7, 11) is 0. The van der Waals surface area contributed by atoms with Crippen LogP contribution in [0.2, 0.25) is 10.0 Å². The molecule has 1 amide bonds. The highest BCUT2D eigenvalue weighted by atomic mass is 35.5. The largest absolute Gasteiger partial charge is 0.366 e. The van der Waals surface area contributed by atoms with E-state index in [2.05, 4.69) is 9.71 Å². The number of amides is 1. The lowest BCUT2D eigenvalue weighted by atomic mass is 10.2. The van der Waals surface area contributed by atoms with Crippen molar-refractivity contribution in [2.24, 2.45) is 5.73 Å². The van der Waals surface area contributed by atoms with Crippen LogP contribution in [0.1, 0.15) is 10.4 Å². The monoisotopic (exact) mass is 369 g/mol. The van der Waals surface area contributed by atoms with E-state index in [0.717, 1.165) is 23.5 Å². The van der Waals surface area contributed by atoms with Gasteiger partial charge in [0.2, 0.25) is 5.91 Å². The molecule has 0 saturated carbocycles. The molecular weight excluding hydrogens is 360 g/mol. The number of halogens is 3. The highest BCUT2D eigenvalue weighted by Crippen LogP contribution is 2.36. The number of aromatic nitrogens is 1. The molecule has 1 heterocycles. The van der Waals surface area contributed by atoms with E-state index in [4.69, 9.17) is 28.9 Å². The zero-order chi connectivity index (χ0) is 16.6. The van der Waals surface area contributed by atoms with E-state index in [1.165, 1.54) is 12.1 Å². The molecule has 3 rings (SSSR count). The number of nitrogens with one attached hydrogen (secondary N) is 2. The van der Waals surface area contributed by atoms with E-state index in [1.807, 2.05) is 0 Å². The Bertz CT molecular complexity index is 913. The van der Waals surface area contributed by atoms with Crippen LogP contribution in [-0.4, -0.2) is 10.9 Å². The van der Waals surface area contributed by atoms with E-state index in [0.29, 0.717) is 26.0 Å². The van der Waals surface area contributed by atoms with Crippen molar-refractivity contribution in [1.82, 2.24) is 4.98 Å². The summed E-state index contributed by atoms with van der Waals surface area (Å²) in [4.78, 5) is 14.4. The summed E-state index contributed by atoms with van der Waals surface area (Å²) in [6.45, 7) is 0. The van der Waals surface area contributed by atoms with Gasteiger partial charge >= 0.3 is 0 Å². The molecule has 0 aliphatic carbocycles. The molecule has 0 spiro atoms. The number of primary amides is 1. The van der Waals surface area contributed by atoms with Gasteiger partial charge in [0.15, 0.2) is 0 Å². The molecule has 0 atom stereocenters. The van der Waals surface area contributed by atoms with E-state index >= 15 is 0 Å². The predicted molar refractivity (Wildman–Crippen MR) is 92.7 cm³/mol. The van der Waals surface area contributed by atoms with Crippen LogP contribution in [0.15, 0.2) is 41.4 Å². The van der Waals surface area contributed by atoms with Crippen molar-refractivity contribution in [2.45, 2.75) is 4.90 Å². The van der Waals surface area contributed by atoms with Gasteiger partial charge < -0.3 is 15.4 Å². The summed E-state index contributed by atoms with van der Waals surface area (Å²) in [5, 5.41) is 1.73. The molecule has 0 bridgehead atoms. The lowest BCUT2D eigenvalue weighted by molar-refractivity contribution is 0.0999. The molecule has 0 aliphatic rings. The first-order chi connectivity index (χ1) is 11.0. The van der Waals surface area contributed by atoms with Gasteiger partial charge in [-0.2, -0.15) is 0 Å². The molecular formula is C15H10Cl2FN3OS. The number of hydrogen-bond acceptors (Lipinski definition) is 3. The van der Waals surface area contributed by atoms with Gasteiger partial charge in [-0.15, -0.1) is 0 Å². The van der Waals surface area contributed by atoms with Gasteiger partial charge in [0.1, 0.15) is 5.82 Å². The minimum atomic E-state index is -0.672. The van der Waals surface area contributed by atoms with Gasteiger partial charge in [0.25, 0.3) is 0 Å². The number of anilines is 1. The first kappa shape index (κ1) is 16.0. The Balaban J connectivity index is 1.87. The molecule has 23 heavy (non-hydrogen) atoms. The van der Waals surface area contributed by atoms with Crippen LogP contribution in [-0.2, 0) is 0 Å². The third-order valence-electron chi connectivity index (χ3n) is 3.22. The van der Waals surface area contributed by atoms with Crippen molar-refractivity contribution in [2.75, 3.05) is 4.72 Å². The van der Waals surface area contributed by atoms with Crippen molar-refractivity contribution >= 4 is 57.6 Å². The summed E-state index contributed by atoms with van der Waals surface area (Å²) in [5.41, 5.74) is 6.68. The zero-order valence-corrected chi connectivity index (χ0v) is 13.8. The molecule has 8 heteroatoms. The molecule has 0 aliphatic heterocycles. The zero-order valence-electron chi connectivity index (χ0n) is 11.5. The summed E-state index contributed by atoms with van der Waals surface area (Å²) >= 11 is 13.3. The second-order valence-electron chi connectivity index (χ2n) is 4.70. The van der Waals surface area contributed by atoms with Crippen LogP contribution in [0.3, 0.4) is 0 Å². The minimum Gasteiger partial charge on any atom is -0.366 e. The van der Waals surface area contributed by atoms with E-state index in [-0.39, 0.29) is 5.56 Å². The van der Waals surface area contributed by atoms with Crippen LogP contribution in [0.4, 0.5) is 10.1 Å². The molecule has 4 N–H and O–H groups in total. The molecule has 4 nitrogen and oxygen atoms in total. The highest BCUT2D eigenvalue weighted by molar-refractivity contribution is 8.00. The van der Waals surface area contributed by atoms with Crippen molar-refractivity contribution in [1.29, 1.82) is 0 Å². The quantitative estimate of drug-likeness (QED) is 0.576. The maximum atomic E-state index is 14.0. The molecule has 0 unspecified atom stereocenters. The highest BCUT2D eigenvalue weighted by Gasteiger charge is 2.12. The lowest BCUT2D eigenvalue weighted by Crippen LogP contribution is -2.11. The standard InChI is InChI=1S/C15H10Cl2FN3OS/c16-8-2-3-11(14-13(8)9(17)6-20-14)21-23-12-4-1-7(15(19)22)5-10(12)18/h1-6,20-21H,(H2,19,22). The molecule has 0 radical (unpaired) electrons. The summed E-state index contributed by atoms with van der Waals surface area (Å²) in [6, 6.07) is 7.54. The van der Waals surface area contributed by atoms with Gasteiger partial charge in [0.05, 0.1) is 26.1 Å². The molecule has 1 aromatic heterocycles. The first-order valence-corrected chi connectivity index (χ1v) is 8.02. The molecule has 2 aromatic carbocycles. The number of carbonyl (C=O) groups excluding carboxylic acids is 1. The van der Waals surface area contributed by atoms with Gasteiger partial charge in [-0.05, 0) is 42.3 Å². The van der Waals surface area contributed by atoms with Gasteiger partial charge in [0, 0.05) is 17.1 Å². The number of carbonyl (C=O) groups is 1. The molecule has 0 saturated heterocycles. The number of fused-ring (bicyclic) bond motifs is 1. The van der Waals surface area contributed by atoms with Crippen LogP contribution < -0.4 is 10.5 Å². The van der Waals surface area contributed by atoms with Crippen molar-refractivity contribution < 1.29 is 9.18 Å². The summed E-state index contributed by atoms with van der Waals surface area (Å²) < 4.78 is 17.0. The number of aromatic amines is 1. The topological polar surface area (TPSA) is 70.9 Å². The fourth-order valence-electron chi connectivity index (χ4n) is 2.10. The Labute approximate surface area is 145 Å². The number of H-pyrrole nitrogens is 1. The number of nitrogens with two attached hydrogens (primary N) is 1. The smallest absolute Gasteiger partial charge is 0.248 e. The normalized spacial score (nSPS) is 10.9. The maximum absolute atomic E-state index is 14.0. The van der Waals surface area contributed by atoms with Gasteiger partial charge in [-0.3, -0.25) is 4.79 Å². The van der Waals surface area contributed by atoms with Crippen LogP contribution in [0.5, 0.6) is 0 Å². The number of hydrogen-bond donors (Lipinski definition) is 3. The van der Waals surface area contributed by atoms with Crippen molar-refractivity contribution in [3.63, 3.8) is 0 Å². The Morgan fingerprint density at radius 2 is 2.00 bits per heavy atom.